The Balaban J connectivity index is -0.00000000643. The maximum atomic E-state index is 9.39. The topological polar surface area (TPSA) is 210 Å². The van der Waals surface area contributed by atoms with Crippen molar-refractivity contribution >= 4 is 167 Å². The van der Waals surface area contributed by atoms with E-state index in [9.17, 15) is 9.13 Å². The maximum Gasteiger partial charge on any atom is 0.745 e. The van der Waals surface area contributed by atoms with Crippen LogP contribution >= 0.6 is 16.5 Å². The molecule has 2 atom stereocenters. The molecule has 15 heavy (non-hydrogen) atoms. The van der Waals surface area contributed by atoms with Crippen LogP contribution in [0.15, 0.2) is 0 Å². The third-order valence-electron chi connectivity index (χ3n) is 0.140. The average Bonchev–Trinajstić information content (AvgIpc) is 1.27. The van der Waals surface area contributed by atoms with Gasteiger partial charge in [0.2, 0.25) is 0 Å². The van der Waals surface area contributed by atoms with Crippen LogP contribution in [0, 0.1) is 0 Å². The van der Waals surface area contributed by atoms with E-state index in [4.69, 9.17) is 9.79 Å². The van der Waals surface area contributed by atoms with Crippen molar-refractivity contribution in [1.82, 2.24) is 0 Å². The molecule has 15 heteroatoms. The van der Waals surface area contributed by atoms with E-state index < -0.39 is 16.5 Å². The molecule has 0 saturated carbocycles. The molecule has 0 fully saturated rings. The van der Waals surface area contributed by atoms with Crippen molar-refractivity contribution in [2.24, 2.45) is 0 Å². The van der Waals surface area contributed by atoms with Gasteiger partial charge in [-0.2, -0.15) is 0 Å². The summed E-state index contributed by atoms with van der Waals surface area (Å²) in [6.07, 6.45) is 0. The molecule has 0 aliphatic rings. The van der Waals surface area contributed by atoms with E-state index in [-0.39, 0.29) is 173 Å². The minimum Gasteiger partial charge on any atom is -0.412 e. The van der Waals surface area contributed by atoms with Crippen LogP contribution in [0.5, 0.6) is 0 Å². The first-order valence-electron chi connectivity index (χ1n) is 1.13. The minimum atomic E-state index is -2.92. The zero-order valence-electron chi connectivity index (χ0n) is 7.84. The summed E-state index contributed by atoms with van der Waals surface area (Å²) in [5, 5.41) is 0. The van der Waals surface area contributed by atoms with Crippen LogP contribution in [0.25, 0.3) is 0 Å². The summed E-state index contributed by atoms with van der Waals surface area (Å²) in [5.74, 6) is 0. The molecule has 0 aliphatic heterocycles. The van der Waals surface area contributed by atoms with Crippen molar-refractivity contribution in [3.8, 4) is 0 Å². The third kappa shape index (κ3) is 67.9. The van der Waals surface area contributed by atoms with Gasteiger partial charge in [-0.1, -0.05) is 0 Å². The predicted molar refractivity (Wildman–Crippen MR) is 58.2 cm³/mol. The van der Waals surface area contributed by atoms with Gasteiger partial charge in [0.05, 0.1) is 0 Å². The molecule has 80 valence electrons. The molecule has 0 spiro atoms. The van der Waals surface area contributed by atoms with Crippen molar-refractivity contribution in [3.63, 3.8) is 0 Å². The second kappa shape index (κ2) is 42.8. The predicted octanol–water partition coefficient (Wildman–Crippen LogP) is -4.52. The summed E-state index contributed by atoms with van der Waals surface area (Å²) in [6, 6.07) is 0. The zero-order chi connectivity index (χ0) is 5.86. The molecule has 0 aromatic carbocycles. The third-order valence-corrected chi connectivity index (χ3v) is 1.26. The number of hydrogen-bond acceptors (Lipinski definition) is 3. The molecular formula is H10Ca4O9P2+2. The SMILES string of the molecule is O.O.O.O.O=[P+](O)O[P+](=O)O.[Ca].[Ca].[Ca].[Ca]. The van der Waals surface area contributed by atoms with Crippen LogP contribution in [-0.4, -0.2) is 183 Å². The quantitative estimate of drug-likeness (QED) is 0.359. The second-order valence-electron chi connectivity index (χ2n) is 0.557. The molecule has 0 amide bonds. The molecular weight excluding hydrogens is 366 g/mol. The zero-order valence-corrected chi connectivity index (χ0v) is 18.5. The van der Waals surface area contributed by atoms with Crippen molar-refractivity contribution in [1.29, 1.82) is 0 Å². The molecule has 0 rings (SSSR count). The monoisotopic (exact) mass is 376 g/mol. The molecule has 0 aromatic rings. The van der Waals surface area contributed by atoms with Gasteiger partial charge in [0.25, 0.3) is 0 Å². The van der Waals surface area contributed by atoms with Crippen LogP contribution in [0.4, 0.5) is 0 Å². The van der Waals surface area contributed by atoms with E-state index in [1.165, 1.54) is 0 Å². The van der Waals surface area contributed by atoms with E-state index in [0.717, 1.165) is 0 Å². The molecule has 0 heterocycles. The van der Waals surface area contributed by atoms with Crippen molar-refractivity contribution in [3.05, 3.63) is 0 Å². The Kier molecular flexibility index (Phi) is 170. The van der Waals surface area contributed by atoms with Crippen LogP contribution in [0.2, 0.25) is 0 Å². The van der Waals surface area contributed by atoms with Gasteiger partial charge in [-0.15, -0.1) is 9.79 Å². The van der Waals surface area contributed by atoms with Gasteiger partial charge in [0, 0.05) is 160 Å². The Bertz CT molecular complexity index is 96.3. The van der Waals surface area contributed by atoms with E-state index >= 15 is 0 Å². The Hall–Kier alpha value is 4.96. The summed E-state index contributed by atoms with van der Waals surface area (Å²) in [4.78, 5) is 15.3. The summed E-state index contributed by atoms with van der Waals surface area (Å²) in [5.41, 5.74) is 0. The van der Waals surface area contributed by atoms with Gasteiger partial charge in [-0.25, -0.2) is 0 Å². The molecule has 0 saturated heterocycles. The smallest absolute Gasteiger partial charge is 0.412 e. The van der Waals surface area contributed by atoms with Crippen LogP contribution in [-0.2, 0) is 13.4 Å². The minimum absolute atomic E-state index is 0. The van der Waals surface area contributed by atoms with Gasteiger partial charge < -0.3 is 21.9 Å². The first-order valence-corrected chi connectivity index (χ1v) is 3.39. The van der Waals surface area contributed by atoms with E-state index in [1.807, 2.05) is 0 Å². The van der Waals surface area contributed by atoms with E-state index in [2.05, 4.69) is 4.31 Å². The van der Waals surface area contributed by atoms with E-state index in [1.54, 1.807) is 0 Å². The molecule has 9 nitrogen and oxygen atoms in total. The largest absolute Gasteiger partial charge is 0.745 e. The molecule has 2 unspecified atom stereocenters. The van der Waals surface area contributed by atoms with Crippen LogP contribution in [0.1, 0.15) is 0 Å². The van der Waals surface area contributed by atoms with Crippen molar-refractivity contribution < 1.29 is 45.1 Å². The summed E-state index contributed by atoms with van der Waals surface area (Å²) >= 11 is 0. The molecule has 0 bridgehead atoms. The fourth-order valence-corrected chi connectivity index (χ4v) is 0.538. The molecule has 10 N–H and O–H groups in total. The number of rotatable bonds is 2. The maximum absolute atomic E-state index is 9.39. The fraction of sp³-hybridized carbons (Fsp3) is 0. The van der Waals surface area contributed by atoms with Crippen molar-refractivity contribution in [2.45, 2.75) is 0 Å². The summed E-state index contributed by atoms with van der Waals surface area (Å²) < 4.78 is 22.2. The Morgan fingerprint density at radius 1 is 0.667 bits per heavy atom. The van der Waals surface area contributed by atoms with Crippen LogP contribution in [0.3, 0.4) is 0 Å². The Morgan fingerprint density at radius 2 is 0.800 bits per heavy atom. The fourth-order valence-electron chi connectivity index (χ4n) is 0.0598. The normalized spacial score (nSPS) is 6.27. The van der Waals surface area contributed by atoms with Gasteiger partial charge in [-0.3, -0.25) is 0 Å². The summed E-state index contributed by atoms with van der Waals surface area (Å²) in [7, 11) is -5.85. The van der Waals surface area contributed by atoms with Gasteiger partial charge in [-0.05, 0) is 0 Å². The first kappa shape index (κ1) is 59.7. The van der Waals surface area contributed by atoms with Gasteiger partial charge >= 0.3 is 16.5 Å². The standard InChI is InChI=1S/4Ca.O5P2.4H2O/c;;;;1-6(2)5-7(3)4;;;;/h;;;;;4*1H2/p+2. The van der Waals surface area contributed by atoms with E-state index in [0.29, 0.717) is 0 Å². The molecule has 8 radical (unpaired) electrons. The Labute approximate surface area is 207 Å². The molecule has 0 aliphatic carbocycles. The van der Waals surface area contributed by atoms with Gasteiger partial charge in [0.1, 0.15) is 0 Å². The number of hydrogen-bond donors (Lipinski definition) is 2. The van der Waals surface area contributed by atoms with Crippen molar-refractivity contribution in [2.75, 3.05) is 0 Å². The summed E-state index contributed by atoms with van der Waals surface area (Å²) in [6.45, 7) is 0. The second-order valence-corrected chi connectivity index (χ2v) is 2.16. The van der Waals surface area contributed by atoms with Crippen LogP contribution < -0.4 is 0 Å². The molecule has 0 aromatic heterocycles. The Morgan fingerprint density at radius 3 is 0.800 bits per heavy atom. The van der Waals surface area contributed by atoms with Gasteiger partial charge in [0.15, 0.2) is 4.31 Å². The first-order chi connectivity index (χ1) is 3.13. The average molecular weight is 376 g/mol.